The van der Waals surface area contributed by atoms with Crippen LogP contribution < -0.4 is 5.32 Å². The lowest BCUT2D eigenvalue weighted by atomic mass is 10.1. The summed E-state index contributed by atoms with van der Waals surface area (Å²) in [6, 6.07) is 0. The lowest BCUT2D eigenvalue weighted by Gasteiger charge is -2.19. The Morgan fingerprint density at radius 3 is 2.74 bits per heavy atom. The third kappa shape index (κ3) is 2.66. The van der Waals surface area contributed by atoms with Gasteiger partial charge in [0.05, 0.1) is 12.7 Å². The minimum Gasteiger partial charge on any atom is -0.464 e. The number of amides is 1. The Labute approximate surface area is 113 Å². The minimum atomic E-state index is -0.914. The lowest BCUT2D eigenvalue weighted by molar-refractivity contribution is -0.149. The van der Waals surface area contributed by atoms with Crippen LogP contribution in [0.15, 0.2) is 12.7 Å². The number of carbonyl (C=O) groups is 2. The second-order valence-corrected chi connectivity index (χ2v) is 5.39. The molecule has 0 heterocycles. The second kappa shape index (κ2) is 5.33. The van der Waals surface area contributed by atoms with E-state index in [0.717, 1.165) is 0 Å². The van der Waals surface area contributed by atoms with Crippen molar-refractivity contribution in [2.75, 3.05) is 6.61 Å². The lowest BCUT2D eigenvalue weighted by Crippen LogP contribution is -2.47. The molecule has 1 unspecified atom stereocenters. The number of aliphatic hydroxyl groups is 1. The van der Waals surface area contributed by atoms with Crippen LogP contribution in [0, 0.1) is 11.8 Å². The van der Waals surface area contributed by atoms with Crippen molar-refractivity contribution in [2.45, 2.75) is 44.2 Å². The van der Waals surface area contributed by atoms with Gasteiger partial charge < -0.3 is 15.2 Å². The first-order chi connectivity index (χ1) is 9.03. The number of esters is 1. The minimum absolute atomic E-state index is 0.0539. The van der Waals surface area contributed by atoms with E-state index in [2.05, 4.69) is 11.9 Å². The molecule has 5 nitrogen and oxygen atoms in total. The molecule has 5 heteroatoms. The van der Waals surface area contributed by atoms with Crippen LogP contribution in [0.3, 0.4) is 0 Å². The zero-order chi connectivity index (χ0) is 14.0. The van der Waals surface area contributed by atoms with E-state index in [9.17, 15) is 14.7 Å². The molecule has 2 aliphatic carbocycles. The van der Waals surface area contributed by atoms with Crippen molar-refractivity contribution in [1.82, 2.24) is 5.32 Å². The Kier molecular flexibility index (Phi) is 3.94. The highest BCUT2D eigenvalue weighted by Crippen LogP contribution is 2.46. The average molecular weight is 267 g/mol. The van der Waals surface area contributed by atoms with Crippen molar-refractivity contribution >= 4 is 11.9 Å². The Morgan fingerprint density at radius 2 is 2.26 bits per heavy atom. The standard InChI is InChI=1S/C14H21NO4/c1-3-10-8-14(10,13(18)19-4-2)15-12(17)9-5-6-11(16)7-9/h3,9-11,16H,1,4-8H2,2H3,(H,15,17)/t9-,10?,11-,14+/m0/s1. The maximum atomic E-state index is 12.2. The number of aliphatic hydroxyl groups excluding tert-OH is 1. The van der Waals surface area contributed by atoms with Crippen molar-refractivity contribution in [3.8, 4) is 0 Å². The zero-order valence-corrected chi connectivity index (χ0v) is 11.2. The van der Waals surface area contributed by atoms with Crippen LogP contribution in [0.5, 0.6) is 0 Å². The van der Waals surface area contributed by atoms with E-state index >= 15 is 0 Å². The highest BCUT2D eigenvalue weighted by Gasteiger charge is 2.61. The van der Waals surface area contributed by atoms with Crippen molar-refractivity contribution in [3.05, 3.63) is 12.7 Å². The quantitative estimate of drug-likeness (QED) is 0.570. The maximum Gasteiger partial charge on any atom is 0.332 e. The van der Waals surface area contributed by atoms with Crippen LogP contribution in [0.2, 0.25) is 0 Å². The predicted octanol–water partition coefficient (Wildman–Crippen LogP) is 0.771. The number of hydrogen-bond acceptors (Lipinski definition) is 4. The van der Waals surface area contributed by atoms with E-state index in [1.807, 2.05) is 0 Å². The van der Waals surface area contributed by atoms with Gasteiger partial charge in [-0.05, 0) is 32.6 Å². The van der Waals surface area contributed by atoms with Gasteiger partial charge in [0.1, 0.15) is 5.54 Å². The summed E-state index contributed by atoms with van der Waals surface area (Å²) in [6.07, 6.45) is 3.63. The third-order valence-corrected chi connectivity index (χ3v) is 4.06. The molecule has 0 radical (unpaired) electrons. The van der Waals surface area contributed by atoms with E-state index in [1.54, 1.807) is 13.0 Å². The molecule has 2 N–H and O–H groups in total. The van der Waals surface area contributed by atoms with Gasteiger partial charge in [0.25, 0.3) is 0 Å². The molecule has 0 bridgehead atoms. The highest BCUT2D eigenvalue weighted by atomic mass is 16.5. The summed E-state index contributed by atoms with van der Waals surface area (Å²) in [7, 11) is 0. The molecule has 2 fully saturated rings. The van der Waals surface area contributed by atoms with Gasteiger partial charge in [-0.1, -0.05) is 6.08 Å². The van der Waals surface area contributed by atoms with E-state index in [0.29, 0.717) is 32.3 Å². The Balaban J connectivity index is 2.00. The van der Waals surface area contributed by atoms with Crippen LogP contribution in [0.4, 0.5) is 0 Å². The molecular weight excluding hydrogens is 246 g/mol. The van der Waals surface area contributed by atoms with Gasteiger partial charge in [-0.15, -0.1) is 6.58 Å². The van der Waals surface area contributed by atoms with Crippen molar-refractivity contribution < 1.29 is 19.4 Å². The van der Waals surface area contributed by atoms with Crippen molar-refractivity contribution in [2.24, 2.45) is 11.8 Å². The molecule has 0 saturated heterocycles. The molecule has 0 aromatic rings. The molecule has 2 aliphatic rings. The molecule has 4 atom stereocenters. The highest BCUT2D eigenvalue weighted by molar-refractivity contribution is 5.92. The maximum absolute atomic E-state index is 12.2. The molecule has 2 rings (SSSR count). The summed E-state index contributed by atoms with van der Waals surface area (Å²) in [4.78, 5) is 24.1. The second-order valence-electron chi connectivity index (χ2n) is 5.39. The van der Waals surface area contributed by atoms with Gasteiger partial charge in [0.15, 0.2) is 0 Å². The van der Waals surface area contributed by atoms with Gasteiger partial charge in [-0.3, -0.25) is 4.79 Å². The fraction of sp³-hybridized carbons (Fsp3) is 0.714. The van der Waals surface area contributed by atoms with Crippen LogP contribution >= 0.6 is 0 Å². The molecular formula is C14H21NO4. The molecule has 0 spiro atoms. The molecule has 19 heavy (non-hydrogen) atoms. The Morgan fingerprint density at radius 1 is 1.53 bits per heavy atom. The fourth-order valence-electron chi connectivity index (χ4n) is 2.78. The molecule has 0 aromatic carbocycles. The van der Waals surface area contributed by atoms with Crippen LogP contribution in [0.1, 0.15) is 32.6 Å². The number of rotatable bonds is 5. The number of hydrogen-bond donors (Lipinski definition) is 2. The summed E-state index contributed by atoms with van der Waals surface area (Å²) in [6.45, 7) is 5.71. The van der Waals surface area contributed by atoms with E-state index in [4.69, 9.17) is 4.74 Å². The van der Waals surface area contributed by atoms with E-state index in [-0.39, 0.29) is 23.7 Å². The van der Waals surface area contributed by atoms with Crippen LogP contribution in [-0.2, 0) is 14.3 Å². The number of carbonyl (C=O) groups excluding carboxylic acids is 2. The first-order valence-electron chi connectivity index (χ1n) is 6.83. The van der Waals surface area contributed by atoms with Crippen LogP contribution in [0.25, 0.3) is 0 Å². The molecule has 1 amide bonds. The monoisotopic (exact) mass is 267 g/mol. The van der Waals surface area contributed by atoms with Crippen molar-refractivity contribution in [1.29, 1.82) is 0 Å². The van der Waals surface area contributed by atoms with Gasteiger partial charge >= 0.3 is 5.97 Å². The normalized spacial score (nSPS) is 36.6. The summed E-state index contributed by atoms with van der Waals surface area (Å²) in [5.74, 6) is -0.796. The summed E-state index contributed by atoms with van der Waals surface area (Å²) in [5.41, 5.74) is -0.914. The molecule has 0 aliphatic heterocycles. The summed E-state index contributed by atoms with van der Waals surface area (Å²) < 4.78 is 5.04. The van der Waals surface area contributed by atoms with Gasteiger partial charge in [-0.2, -0.15) is 0 Å². The zero-order valence-electron chi connectivity index (χ0n) is 11.2. The topological polar surface area (TPSA) is 75.6 Å². The molecule has 0 aromatic heterocycles. The third-order valence-electron chi connectivity index (χ3n) is 4.06. The average Bonchev–Trinajstić information content (AvgIpc) is 2.92. The SMILES string of the molecule is C=CC1C[C@]1(NC(=O)[C@H]1CC[C@H](O)C1)C(=O)OCC. The van der Waals surface area contributed by atoms with Crippen LogP contribution in [-0.4, -0.2) is 35.2 Å². The van der Waals surface area contributed by atoms with Gasteiger partial charge in [0.2, 0.25) is 5.91 Å². The van der Waals surface area contributed by atoms with E-state index in [1.165, 1.54) is 0 Å². The smallest absolute Gasteiger partial charge is 0.332 e. The fourth-order valence-corrected chi connectivity index (χ4v) is 2.78. The van der Waals surface area contributed by atoms with E-state index < -0.39 is 11.6 Å². The number of nitrogens with one attached hydrogen (secondary N) is 1. The summed E-state index contributed by atoms with van der Waals surface area (Å²) >= 11 is 0. The largest absolute Gasteiger partial charge is 0.464 e. The Hall–Kier alpha value is -1.36. The van der Waals surface area contributed by atoms with Gasteiger partial charge in [-0.25, -0.2) is 4.79 Å². The predicted molar refractivity (Wildman–Crippen MR) is 69.2 cm³/mol. The molecule has 106 valence electrons. The van der Waals surface area contributed by atoms with Gasteiger partial charge in [0, 0.05) is 11.8 Å². The first kappa shape index (κ1) is 14.1. The first-order valence-corrected chi connectivity index (χ1v) is 6.83. The molecule has 2 saturated carbocycles. The Bertz CT molecular complexity index is 395. The van der Waals surface area contributed by atoms with Crippen molar-refractivity contribution in [3.63, 3.8) is 0 Å². The summed E-state index contributed by atoms with van der Waals surface area (Å²) in [5, 5.41) is 12.3. The number of ether oxygens (including phenoxy) is 1.